The van der Waals surface area contributed by atoms with Crippen LogP contribution in [-0.2, 0) is 0 Å². The van der Waals surface area contributed by atoms with E-state index in [1.165, 1.54) is 0 Å². The van der Waals surface area contributed by atoms with Gasteiger partial charge in [-0.1, -0.05) is 11.6 Å². The van der Waals surface area contributed by atoms with Crippen molar-refractivity contribution in [2.75, 3.05) is 36.8 Å². The maximum absolute atomic E-state index is 5.93. The monoisotopic (exact) mass is 212 g/mol. The van der Waals surface area contributed by atoms with Crippen molar-refractivity contribution in [1.82, 2.24) is 10.3 Å². The molecule has 1 fully saturated rings. The number of aromatic nitrogens is 1. The van der Waals surface area contributed by atoms with Gasteiger partial charge in [0.25, 0.3) is 0 Å². The summed E-state index contributed by atoms with van der Waals surface area (Å²) in [5, 5.41) is 3.85. The number of nitrogens with one attached hydrogen (secondary N) is 1. The maximum atomic E-state index is 5.93. The summed E-state index contributed by atoms with van der Waals surface area (Å²) < 4.78 is 0. The average molecular weight is 213 g/mol. The zero-order valence-corrected chi connectivity index (χ0v) is 8.59. The molecule has 5 heteroatoms. The third-order valence-corrected chi connectivity index (χ3v) is 2.66. The van der Waals surface area contributed by atoms with E-state index >= 15 is 0 Å². The summed E-state index contributed by atoms with van der Waals surface area (Å²) in [5.74, 6) is 0.805. The van der Waals surface area contributed by atoms with E-state index in [1.54, 1.807) is 12.3 Å². The molecule has 0 aromatic carbocycles. The maximum Gasteiger partial charge on any atom is 0.153 e. The first-order valence-electron chi connectivity index (χ1n) is 4.64. The predicted octanol–water partition coefficient (Wildman–Crippen LogP) is 0.727. The number of hydrogen-bond donors (Lipinski definition) is 2. The molecule has 0 spiro atoms. The van der Waals surface area contributed by atoms with E-state index in [1.807, 2.05) is 0 Å². The highest BCUT2D eigenvalue weighted by Crippen LogP contribution is 2.27. The number of nitrogen functional groups attached to an aromatic ring is 1. The van der Waals surface area contributed by atoms with Crippen LogP contribution in [-0.4, -0.2) is 31.2 Å². The molecule has 14 heavy (non-hydrogen) atoms. The van der Waals surface area contributed by atoms with Crippen molar-refractivity contribution < 1.29 is 0 Å². The Hall–Kier alpha value is -1.00. The summed E-state index contributed by atoms with van der Waals surface area (Å²) in [6.45, 7) is 3.79. The van der Waals surface area contributed by atoms with Crippen LogP contribution in [0, 0.1) is 0 Å². The zero-order chi connectivity index (χ0) is 9.97. The molecule has 1 aromatic heterocycles. The van der Waals surface area contributed by atoms with Crippen LogP contribution >= 0.6 is 11.6 Å². The number of nitrogens with two attached hydrogens (primary N) is 1. The number of rotatable bonds is 1. The highest BCUT2D eigenvalue weighted by atomic mass is 35.5. The molecular formula is C9H13ClN4. The summed E-state index contributed by atoms with van der Waals surface area (Å²) in [4.78, 5) is 6.40. The lowest BCUT2D eigenvalue weighted by molar-refractivity contribution is 0.585. The van der Waals surface area contributed by atoms with E-state index in [0.717, 1.165) is 32.0 Å². The topological polar surface area (TPSA) is 54.2 Å². The molecule has 76 valence electrons. The van der Waals surface area contributed by atoms with E-state index < -0.39 is 0 Å². The molecular weight excluding hydrogens is 200 g/mol. The first-order chi connectivity index (χ1) is 6.79. The van der Waals surface area contributed by atoms with Gasteiger partial charge in [0.15, 0.2) is 5.82 Å². The van der Waals surface area contributed by atoms with Crippen LogP contribution in [0.1, 0.15) is 0 Å². The quantitative estimate of drug-likeness (QED) is 0.721. The first-order valence-corrected chi connectivity index (χ1v) is 5.02. The predicted molar refractivity (Wildman–Crippen MR) is 58.7 cm³/mol. The fourth-order valence-corrected chi connectivity index (χ4v) is 1.71. The van der Waals surface area contributed by atoms with Crippen molar-refractivity contribution in [2.24, 2.45) is 0 Å². The minimum Gasteiger partial charge on any atom is -0.395 e. The molecule has 0 saturated carbocycles. The average Bonchev–Trinajstić information content (AvgIpc) is 2.23. The van der Waals surface area contributed by atoms with Gasteiger partial charge in [-0.25, -0.2) is 4.98 Å². The minimum atomic E-state index is 0.577. The number of nitrogens with zero attached hydrogens (tertiary/aromatic N) is 2. The minimum absolute atomic E-state index is 0.577. The van der Waals surface area contributed by atoms with E-state index in [2.05, 4.69) is 15.2 Å². The zero-order valence-electron chi connectivity index (χ0n) is 7.83. The third kappa shape index (κ3) is 1.76. The van der Waals surface area contributed by atoms with Crippen LogP contribution in [0.4, 0.5) is 11.5 Å². The Balaban J connectivity index is 2.26. The molecule has 4 nitrogen and oxygen atoms in total. The molecule has 0 aliphatic carbocycles. The van der Waals surface area contributed by atoms with Crippen LogP contribution in [0.25, 0.3) is 0 Å². The number of halogens is 1. The molecule has 0 unspecified atom stereocenters. The smallest absolute Gasteiger partial charge is 0.153 e. The molecule has 1 saturated heterocycles. The molecule has 1 aromatic rings. The molecule has 2 heterocycles. The second-order valence-electron chi connectivity index (χ2n) is 3.27. The number of piperazine rings is 1. The van der Waals surface area contributed by atoms with Crippen molar-refractivity contribution >= 4 is 23.1 Å². The van der Waals surface area contributed by atoms with E-state index in [4.69, 9.17) is 17.3 Å². The molecule has 1 aliphatic rings. The van der Waals surface area contributed by atoms with Gasteiger partial charge < -0.3 is 16.0 Å². The SMILES string of the molecule is Nc1c(Cl)ccnc1N1CCNCC1. The lowest BCUT2D eigenvalue weighted by Crippen LogP contribution is -2.44. The van der Waals surface area contributed by atoms with Crippen molar-refractivity contribution in [3.8, 4) is 0 Å². The summed E-state index contributed by atoms with van der Waals surface area (Å²) >= 11 is 5.93. The summed E-state index contributed by atoms with van der Waals surface area (Å²) in [6.07, 6.45) is 1.69. The van der Waals surface area contributed by atoms with Crippen LogP contribution in [0.3, 0.4) is 0 Å². The molecule has 0 bridgehead atoms. The largest absolute Gasteiger partial charge is 0.395 e. The molecule has 0 atom stereocenters. The molecule has 0 amide bonds. The second-order valence-corrected chi connectivity index (χ2v) is 3.67. The van der Waals surface area contributed by atoms with Crippen LogP contribution < -0.4 is 16.0 Å². The van der Waals surface area contributed by atoms with E-state index in [9.17, 15) is 0 Å². The Bertz CT molecular complexity index is 323. The lowest BCUT2D eigenvalue weighted by atomic mass is 10.3. The molecule has 0 radical (unpaired) electrons. The van der Waals surface area contributed by atoms with Crippen molar-refractivity contribution in [3.05, 3.63) is 17.3 Å². The summed E-state index contributed by atoms with van der Waals surface area (Å²) in [5.41, 5.74) is 6.44. The number of anilines is 2. The van der Waals surface area contributed by atoms with Gasteiger partial charge >= 0.3 is 0 Å². The van der Waals surface area contributed by atoms with Crippen molar-refractivity contribution in [3.63, 3.8) is 0 Å². The van der Waals surface area contributed by atoms with Gasteiger partial charge in [0.05, 0.1) is 10.7 Å². The first kappa shape index (κ1) is 9.55. The normalized spacial score (nSPS) is 17.1. The van der Waals surface area contributed by atoms with Gasteiger partial charge in [0, 0.05) is 32.4 Å². The second kappa shape index (κ2) is 4.02. The Morgan fingerprint density at radius 1 is 1.43 bits per heavy atom. The Kier molecular flexibility index (Phi) is 2.74. The van der Waals surface area contributed by atoms with Crippen LogP contribution in [0.5, 0.6) is 0 Å². The summed E-state index contributed by atoms with van der Waals surface area (Å²) in [7, 11) is 0. The van der Waals surface area contributed by atoms with E-state index in [-0.39, 0.29) is 0 Å². The standard InChI is InChI=1S/C9H13ClN4/c10-7-1-2-13-9(8(7)11)14-5-3-12-4-6-14/h1-2,12H,3-6,11H2. The van der Waals surface area contributed by atoms with Crippen LogP contribution in [0.15, 0.2) is 12.3 Å². The number of hydrogen-bond acceptors (Lipinski definition) is 4. The summed E-state index contributed by atoms with van der Waals surface area (Å²) in [6, 6.07) is 1.71. The molecule has 2 rings (SSSR count). The fraction of sp³-hybridized carbons (Fsp3) is 0.444. The van der Waals surface area contributed by atoms with Gasteiger partial charge in [0.1, 0.15) is 0 Å². The van der Waals surface area contributed by atoms with Crippen LogP contribution in [0.2, 0.25) is 5.02 Å². The Morgan fingerprint density at radius 3 is 2.86 bits per heavy atom. The highest BCUT2D eigenvalue weighted by molar-refractivity contribution is 6.33. The number of pyridine rings is 1. The van der Waals surface area contributed by atoms with E-state index in [0.29, 0.717) is 10.7 Å². The van der Waals surface area contributed by atoms with Crippen molar-refractivity contribution in [2.45, 2.75) is 0 Å². The molecule has 1 aliphatic heterocycles. The molecule has 3 N–H and O–H groups in total. The van der Waals surface area contributed by atoms with Gasteiger partial charge in [-0.05, 0) is 6.07 Å². The van der Waals surface area contributed by atoms with Gasteiger partial charge in [-0.15, -0.1) is 0 Å². The Morgan fingerprint density at radius 2 is 2.14 bits per heavy atom. The van der Waals surface area contributed by atoms with Gasteiger partial charge in [-0.2, -0.15) is 0 Å². The van der Waals surface area contributed by atoms with Crippen molar-refractivity contribution in [1.29, 1.82) is 0 Å². The fourth-order valence-electron chi connectivity index (χ4n) is 1.57. The van der Waals surface area contributed by atoms with Gasteiger partial charge in [-0.3, -0.25) is 0 Å². The third-order valence-electron chi connectivity index (χ3n) is 2.33. The lowest BCUT2D eigenvalue weighted by Gasteiger charge is -2.29. The van der Waals surface area contributed by atoms with Gasteiger partial charge in [0.2, 0.25) is 0 Å². The Labute approximate surface area is 88.1 Å². The highest BCUT2D eigenvalue weighted by Gasteiger charge is 2.15.